The molecular weight excluding hydrogens is 459 g/mol. The van der Waals surface area contributed by atoms with Crippen molar-refractivity contribution in [3.63, 3.8) is 0 Å². The number of hydrogen-bond donors (Lipinski definition) is 1. The number of alkyl carbamates (subject to hydrolysis) is 1. The van der Waals surface area contributed by atoms with Crippen LogP contribution in [0.4, 0.5) is 9.18 Å². The number of cyclic esters (lactones) is 1. The molecule has 3 aliphatic rings. The van der Waals surface area contributed by atoms with Gasteiger partial charge in [-0.2, -0.15) is 0 Å². The van der Waals surface area contributed by atoms with Crippen molar-refractivity contribution in [1.82, 2.24) is 10.3 Å². The van der Waals surface area contributed by atoms with E-state index in [1.54, 1.807) is 19.2 Å². The number of nitrogens with one attached hydrogen (secondary N) is 1. The number of hydrogen-bond acceptors (Lipinski definition) is 5. The highest BCUT2D eigenvalue weighted by atomic mass is 19.1. The molecule has 1 amide bonds. The average molecular weight is 493 g/mol. The Bertz CT molecular complexity index is 1130. The molecule has 0 radical (unpaired) electrons. The molecule has 0 bridgehead atoms. The molecule has 7 heteroatoms. The SMILES string of the molecule is CCOC(=O)N[C@H]1CC[C@H]2[C@H](C1)C[C@H]1C(=O)O[C@H](C)[C@H]1[C@@H]2C=Cc1ccc(-c2cccc(F)c2)cn1. The van der Waals surface area contributed by atoms with E-state index in [0.717, 1.165) is 42.5 Å². The van der Waals surface area contributed by atoms with Gasteiger partial charge in [0.15, 0.2) is 0 Å². The summed E-state index contributed by atoms with van der Waals surface area (Å²) in [6, 6.07) is 10.4. The molecule has 190 valence electrons. The Balaban J connectivity index is 1.34. The Labute approximate surface area is 211 Å². The summed E-state index contributed by atoms with van der Waals surface area (Å²) in [6.45, 7) is 4.15. The molecule has 1 aromatic carbocycles. The molecule has 3 fully saturated rings. The maximum absolute atomic E-state index is 13.6. The molecular formula is C29H33FN2O4. The third kappa shape index (κ3) is 5.01. The van der Waals surface area contributed by atoms with E-state index in [-0.39, 0.29) is 47.8 Å². The summed E-state index contributed by atoms with van der Waals surface area (Å²) in [4.78, 5) is 29.2. The van der Waals surface area contributed by atoms with Crippen LogP contribution in [0.25, 0.3) is 17.2 Å². The first-order chi connectivity index (χ1) is 17.4. The van der Waals surface area contributed by atoms with E-state index in [2.05, 4.69) is 16.4 Å². The first kappa shape index (κ1) is 24.5. The first-order valence-electron chi connectivity index (χ1n) is 13.0. The molecule has 1 aromatic heterocycles. The number of aromatic nitrogens is 1. The van der Waals surface area contributed by atoms with Crippen molar-refractivity contribution < 1.29 is 23.5 Å². The Hall–Kier alpha value is -3.22. The van der Waals surface area contributed by atoms with E-state index in [9.17, 15) is 14.0 Å². The average Bonchev–Trinajstić information content (AvgIpc) is 3.15. The molecule has 2 heterocycles. The number of allylic oxidation sites excluding steroid dienone is 1. The van der Waals surface area contributed by atoms with Gasteiger partial charge in [0.2, 0.25) is 0 Å². The van der Waals surface area contributed by atoms with Crippen LogP contribution in [0.15, 0.2) is 48.7 Å². The van der Waals surface area contributed by atoms with E-state index in [1.165, 1.54) is 12.1 Å². The zero-order valence-corrected chi connectivity index (χ0v) is 20.7. The molecule has 0 spiro atoms. The summed E-state index contributed by atoms with van der Waals surface area (Å²) >= 11 is 0. The monoisotopic (exact) mass is 492 g/mol. The van der Waals surface area contributed by atoms with E-state index in [1.807, 2.05) is 31.2 Å². The minimum Gasteiger partial charge on any atom is -0.462 e. The third-order valence-electron chi connectivity index (χ3n) is 8.18. The largest absolute Gasteiger partial charge is 0.462 e. The Morgan fingerprint density at radius 3 is 2.83 bits per heavy atom. The van der Waals surface area contributed by atoms with Gasteiger partial charge < -0.3 is 14.8 Å². The van der Waals surface area contributed by atoms with Crippen molar-refractivity contribution in [2.75, 3.05) is 6.61 Å². The topological polar surface area (TPSA) is 77.5 Å². The molecule has 7 atom stereocenters. The molecule has 5 rings (SSSR count). The number of pyridine rings is 1. The van der Waals surface area contributed by atoms with Gasteiger partial charge in [-0.3, -0.25) is 9.78 Å². The second-order valence-corrected chi connectivity index (χ2v) is 10.3. The van der Waals surface area contributed by atoms with Crippen LogP contribution in [0, 0.1) is 35.4 Å². The molecule has 2 saturated carbocycles. The van der Waals surface area contributed by atoms with Gasteiger partial charge in [-0.25, -0.2) is 9.18 Å². The number of benzene rings is 1. The lowest BCUT2D eigenvalue weighted by Gasteiger charge is -2.47. The fourth-order valence-electron chi connectivity index (χ4n) is 6.64. The summed E-state index contributed by atoms with van der Waals surface area (Å²) in [5.74, 6) is 0.629. The number of esters is 1. The summed E-state index contributed by atoms with van der Waals surface area (Å²) in [7, 11) is 0. The van der Waals surface area contributed by atoms with E-state index in [0.29, 0.717) is 18.4 Å². The lowest BCUT2D eigenvalue weighted by Crippen LogP contribution is -2.48. The van der Waals surface area contributed by atoms with E-state index >= 15 is 0 Å². The quantitative estimate of drug-likeness (QED) is 0.548. The second-order valence-electron chi connectivity index (χ2n) is 10.3. The summed E-state index contributed by atoms with van der Waals surface area (Å²) < 4.78 is 24.3. The van der Waals surface area contributed by atoms with Gasteiger partial charge in [0.25, 0.3) is 0 Å². The maximum Gasteiger partial charge on any atom is 0.407 e. The van der Waals surface area contributed by atoms with Crippen molar-refractivity contribution >= 4 is 18.1 Å². The number of ether oxygens (including phenoxy) is 2. The maximum atomic E-state index is 13.6. The molecule has 6 nitrogen and oxygen atoms in total. The van der Waals surface area contributed by atoms with Gasteiger partial charge in [0.05, 0.1) is 18.2 Å². The van der Waals surface area contributed by atoms with Crippen molar-refractivity contribution in [2.45, 2.75) is 51.7 Å². The van der Waals surface area contributed by atoms with Crippen LogP contribution >= 0.6 is 0 Å². The highest BCUT2D eigenvalue weighted by molar-refractivity contribution is 5.75. The molecule has 36 heavy (non-hydrogen) atoms. The molecule has 1 N–H and O–H groups in total. The van der Waals surface area contributed by atoms with Gasteiger partial charge in [-0.05, 0) is 87.1 Å². The van der Waals surface area contributed by atoms with Gasteiger partial charge in [-0.15, -0.1) is 0 Å². The van der Waals surface area contributed by atoms with E-state index in [4.69, 9.17) is 9.47 Å². The summed E-state index contributed by atoms with van der Waals surface area (Å²) in [6.07, 6.45) is 9.07. The Morgan fingerprint density at radius 2 is 2.08 bits per heavy atom. The predicted octanol–water partition coefficient (Wildman–Crippen LogP) is 5.63. The summed E-state index contributed by atoms with van der Waals surface area (Å²) in [5, 5.41) is 3.00. The van der Waals surface area contributed by atoms with Crippen LogP contribution in [-0.2, 0) is 14.3 Å². The number of carbonyl (C=O) groups is 2. The third-order valence-corrected chi connectivity index (χ3v) is 8.18. The molecule has 1 saturated heterocycles. The van der Waals surface area contributed by atoms with Crippen molar-refractivity contribution in [3.8, 4) is 11.1 Å². The van der Waals surface area contributed by atoms with Gasteiger partial charge >= 0.3 is 12.1 Å². The zero-order chi connectivity index (χ0) is 25.2. The van der Waals surface area contributed by atoms with Gasteiger partial charge in [0, 0.05) is 23.7 Å². The second kappa shape index (κ2) is 10.4. The van der Waals surface area contributed by atoms with Crippen molar-refractivity contribution in [2.24, 2.45) is 29.6 Å². The van der Waals surface area contributed by atoms with E-state index < -0.39 is 0 Å². The van der Waals surface area contributed by atoms with Crippen LogP contribution in [0.3, 0.4) is 0 Å². The normalized spacial score (nSPS) is 31.4. The zero-order valence-electron chi connectivity index (χ0n) is 20.7. The van der Waals surface area contributed by atoms with Crippen LogP contribution < -0.4 is 5.32 Å². The number of rotatable bonds is 5. The lowest BCUT2D eigenvalue weighted by molar-refractivity contribution is -0.144. The first-order valence-corrected chi connectivity index (χ1v) is 13.0. The minimum atomic E-state index is -0.368. The molecule has 0 unspecified atom stereocenters. The Kier molecular flexibility index (Phi) is 7.08. The molecule has 2 aromatic rings. The number of amides is 1. The fourth-order valence-corrected chi connectivity index (χ4v) is 6.64. The van der Waals surface area contributed by atoms with Crippen molar-refractivity contribution in [1.29, 1.82) is 0 Å². The smallest absolute Gasteiger partial charge is 0.407 e. The lowest BCUT2D eigenvalue weighted by atomic mass is 9.57. The standard InChI is InChI=1S/C29H33FN2O4/c1-3-35-29(34)32-23-10-11-24-20(14-23)15-26-27(17(2)36-28(26)33)25(24)12-9-22-8-7-19(16-31-22)18-5-4-6-21(30)13-18/h4-9,12-13,16-17,20,23-27H,3,10-11,14-15H2,1-2H3,(H,32,34)/t17-,20-,23+,24+,25-,26-,27+/m1/s1. The predicted molar refractivity (Wildman–Crippen MR) is 134 cm³/mol. The minimum absolute atomic E-state index is 0.0679. The number of nitrogens with zero attached hydrogens (tertiary/aromatic N) is 1. The number of fused-ring (bicyclic) bond motifs is 2. The van der Waals surface area contributed by atoms with Gasteiger partial charge in [-0.1, -0.05) is 24.3 Å². The molecule has 1 aliphatic heterocycles. The van der Waals surface area contributed by atoms with Crippen LogP contribution in [0.1, 0.15) is 45.2 Å². The fraction of sp³-hybridized carbons (Fsp3) is 0.483. The summed E-state index contributed by atoms with van der Waals surface area (Å²) in [5.41, 5.74) is 2.48. The van der Waals surface area contributed by atoms with Crippen LogP contribution in [0.5, 0.6) is 0 Å². The Morgan fingerprint density at radius 1 is 1.22 bits per heavy atom. The van der Waals surface area contributed by atoms with Crippen LogP contribution in [0.2, 0.25) is 0 Å². The number of carbonyl (C=O) groups excluding carboxylic acids is 2. The highest BCUT2D eigenvalue weighted by Gasteiger charge is 2.54. The highest BCUT2D eigenvalue weighted by Crippen LogP contribution is 2.53. The molecule has 2 aliphatic carbocycles. The van der Waals surface area contributed by atoms with Crippen LogP contribution in [-0.4, -0.2) is 35.8 Å². The number of halogens is 1. The van der Waals surface area contributed by atoms with Gasteiger partial charge in [0.1, 0.15) is 11.9 Å². The van der Waals surface area contributed by atoms with Crippen molar-refractivity contribution in [3.05, 3.63) is 60.2 Å².